The molecule has 0 bridgehead atoms. The van der Waals surface area contributed by atoms with Crippen LogP contribution in [0.2, 0.25) is 0 Å². The molecule has 7 heteroatoms. The molecular formula is C26H40F2N4O. The number of nitrogens with zero attached hydrogens (tertiary/aromatic N) is 3. The zero-order valence-electron chi connectivity index (χ0n) is 20.4. The summed E-state index contributed by atoms with van der Waals surface area (Å²) in [5.74, 6) is -2.44. The lowest BCUT2D eigenvalue weighted by Gasteiger charge is -2.47. The maximum Gasteiger partial charge on any atom is 0.317 e. The van der Waals surface area contributed by atoms with Gasteiger partial charge in [-0.1, -0.05) is 29.8 Å². The average molecular weight is 463 g/mol. The molecule has 33 heavy (non-hydrogen) atoms. The smallest absolute Gasteiger partial charge is 0.317 e. The number of urea groups is 1. The molecule has 2 amide bonds. The van der Waals surface area contributed by atoms with Crippen molar-refractivity contribution in [2.75, 3.05) is 39.3 Å². The van der Waals surface area contributed by atoms with Crippen LogP contribution in [0.5, 0.6) is 0 Å². The van der Waals surface area contributed by atoms with E-state index in [1.54, 1.807) is 4.90 Å². The number of piperazine rings is 1. The molecule has 1 aromatic carbocycles. The standard InChI is InChI=1S/C26H40F2N4O/c1-19(2)30-15-17-31(18-16-30)23-5-4-12-26(27,28)24(23)29-25(33)32-13-10-22(11-14-32)21-8-6-20(3)7-9-21/h6-9,19,22-24H,4-5,10-18H2,1-3H3,(H,29,33). The summed E-state index contributed by atoms with van der Waals surface area (Å²) in [7, 11) is 0. The van der Waals surface area contributed by atoms with Gasteiger partial charge in [0.25, 0.3) is 5.92 Å². The van der Waals surface area contributed by atoms with Crippen molar-refractivity contribution in [3.05, 3.63) is 35.4 Å². The first-order valence-corrected chi connectivity index (χ1v) is 12.7. The van der Waals surface area contributed by atoms with Crippen molar-refractivity contribution in [1.29, 1.82) is 0 Å². The van der Waals surface area contributed by atoms with Gasteiger partial charge in [0.15, 0.2) is 0 Å². The molecule has 2 aliphatic heterocycles. The highest BCUT2D eigenvalue weighted by molar-refractivity contribution is 5.75. The highest BCUT2D eigenvalue weighted by atomic mass is 19.3. The van der Waals surface area contributed by atoms with Gasteiger partial charge in [0.05, 0.1) is 0 Å². The van der Waals surface area contributed by atoms with Gasteiger partial charge >= 0.3 is 6.03 Å². The Morgan fingerprint density at radius 2 is 1.64 bits per heavy atom. The van der Waals surface area contributed by atoms with E-state index >= 15 is 8.78 Å². The molecule has 184 valence electrons. The van der Waals surface area contributed by atoms with Crippen molar-refractivity contribution in [3.8, 4) is 0 Å². The van der Waals surface area contributed by atoms with Crippen LogP contribution in [0.25, 0.3) is 0 Å². The number of amides is 2. The van der Waals surface area contributed by atoms with Crippen LogP contribution >= 0.6 is 0 Å². The molecule has 2 saturated heterocycles. The van der Waals surface area contributed by atoms with Crippen LogP contribution in [0.4, 0.5) is 13.6 Å². The predicted octanol–water partition coefficient (Wildman–Crippen LogP) is 4.47. The molecule has 0 aromatic heterocycles. The summed E-state index contributed by atoms with van der Waals surface area (Å²) < 4.78 is 30.1. The molecule has 2 unspecified atom stereocenters. The average Bonchev–Trinajstić information content (AvgIpc) is 2.81. The van der Waals surface area contributed by atoms with Gasteiger partial charge in [-0.2, -0.15) is 0 Å². The topological polar surface area (TPSA) is 38.8 Å². The Morgan fingerprint density at radius 3 is 2.24 bits per heavy atom. The number of piperidine rings is 1. The predicted molar refractivity (Wildman–Crippen MR) is 128 cm³/mol. The third-order valence-electron chi connectivity index (χ3n) is 8.01. The maximum absolute atomic E-state index is 15.1. The third-order valence-corrected chi connectivity index (χ3v) is 8.01. The summed E-state index contributed by atoms with van der Waals surface area (Å²) in [6.07, 6.45) is 2.83. The molecule has 3 aliphatic rings. The van der Waals surface area contributed by atoms with Gasteiger partial charge in [0, 0.05) is 57.8 Å². The minimum absolute atomic E-state index is 0.143. The fourth-order valence-electron chi connectivity index (χ4n) is 5.81. The summed E-state index contributed by atoms with van der Waals surface area (Å²) in [6.45, 7) is 11.0. The fourth-order valence-corrected chi connectivity index (χ4v) is 5.81. The molecule has 1 aliphatic carbocycles. The Morgan fingerprint density at radius 1 is 1.00 bits per heavy atom. The van der Waals surface area contributed by atoms with Crippen molar-refractivity contribution >= 4 is 6.03 Å². The Hall–Kier alpha value is -1.73. The summed E-state index contributed by atoms with van der Waals surface area (Å²) >= 11 is 0. The molecule has 0 spiro atoms. The summed E-state index contributed by atoms with van der Waals surface area (Å²) in [4.78, 5) is 19.4. The van der Waals surface area contributed by atoms with Crippen LogP contribution in [0.15, 0.2) is 24.3 Å². The van der Waals surface area contributed by atoms with E-state index in [2.05, 4.69) is 60.2 Å². The van der Waals surface area contributed by atoms with Gasteiger partial charge < -0.3 is 10.2 Å². The number of aryl methyl sites for hydroxylation is 1. The Balaban J connectivity index is 1.36. The zero-order valence-corrected chi connectivity index (χ0v) is 20.4. The number of benzene rings is 1. The quantitative estimate of drug-likeness (QED) is 0.718. The maximum atomic E-state index is 15.1. The van der Waals surface area contributed by atoms with Crippen LogP contribution in [0.3, 0.4) is 0 Å². The Bertz CT molecular complexity index is 784. The van der Waals surface area contributed by atoms with Crippen LogP contribution in [0, 0.1) is 6.92 Å². The molecule has 2 atom stereocenters. The monoisotopic (exact) mass is 462 g/mol. The number of hydrogen-bond donors (Lipinski definition) is 1. The minimum Gasteiger partial charge on any atom is -0.328 e. The molecular weight excluding hydrogens is 422 g/mol. The van der Waals surface area contributed by atoms with Crippen molar-refractivity contribution in [2.45, 2.75) is 82.8 Å². The Labute approximate surface area is 197 Å². The van der Waals surface area contributed by atoms with Crippen LogP contribution < -0.4 is 5.32 Å². The van der Waals surface area contributed by atoms with Crippen LogP contribution in [0.1, 0.15) is 63.0 Å². The van der Waals surface area contributed by atoms with Crippen molar-refractivity contribution in [2.24, 2.45) is 0 Å². The number of carbonyl (C=O) groups excluding carboxylic acids is 1. The van der Waals surface area contributed by atoms with E-state index in [1.807, 2.05) is 0 Å². The highest BCUT2D eigenvalue weighted by Crippen LogP contribution is 2.37. The van der Waals surface area contributed by atoms with E-state index in [-0.39, 0.29) is 18.5 Å². The van der Waals surface area contributed by atoms with E-state index in [0.29, 0.717) is 31.5 Å². The second kappa shape index (κ2) is 10.3. The van der Waals surface area contributed by atoms with Gasteiger partial charge in [-0.25, -0.2) is 13.6 Å². The van der Waals surface area contributed by atoms with E-state index in [9.17, 15) is 4.79 Å². The van der Waals surface area contributed by atoms with Gasteiger partial charge in [-0.3, -0.25) is 9.80 Å². The lowest BCUT2D eigenvalue weighted by Crippen LogP contribution is -2.66. The molecule has 0 radical (unpaired) electrons. The van der Waals surface area contributed by atoms with Gasteiger partial charge in [-0.15, -0.1) is 0 Å². The van der Waals surface area contributed by atoms with Gasteiger partial charge in [0.1, 0.15) is 6.04 Å². The highest BCUT2D eigenvalue weighted by Gasteiger charge is 2.50. The van der Waals surface area contributed by atoms with E-state index in [1.165, 1.54) is 11.1 Å². The van der Waals surface area contributed by atoms with Crippen LogP contribution in [-0.2, 0) is 0 Å². The van der Waals surface area contributed by atoms with Crippen molar-refractivity contribution in [3.63, 3.8) is 0 Å². The zero-order chi connectivity index (χ0) is 23.6. The second-order valence-electron chi connectivity index (χ2n) is 10.5. The molecule has 1 aromatic rings. The molecule has 1 saturated carbocycles. The Kier molecular flexibility index (Phi) is 7.59. The second-order valence-corrected chi connectivity index (χ2v) is 10.5. The molecule has 1 N–H and O–H groups in total. The number of rotatable bonds is 4. The molecule has 4 rings (SSSR count). The van der Waals surface area contributed by atoms with Crippen molar-refractivity contribution < 1.29 is 13.6 Å². The van der Waals surface area contributed by atoms with E-state index in [0.717, 1.165) is 45.4 Å². The summed E-state index contributed by atoms with van der Waals surface area (Å²) in [5.41, 5.74) is 2.55. The number of nitrogens with one attached hydrogen (secondary N) is 1. The minimum atomic E-state index is -2.87. The van der Waals surface area contributed by atoms with E-state index in [4.69, 9.17) is 0 Å². The largest absolute Gasteiger partial charge is 0.328 e. The fraction of sp³-hybridized carbons (Fsp3) is 0.731. The van der Waals surface area contributed by atoms with Gasteiger partial charge in [-0.05, 0) is 57.9 Å². The third kappa shape index (κ3) is 5.68. The number of likely N-dealkylation sites (tertiary alicyclic amines) is 1. The normalized spacial score (nSPS) is 27.6. The molecule has 5 nitrogen and oxygen atoms in total. The molecule has 3 fully saturated rings. The number of halogens is 2. The lowest BCUT2D eigenvalue weighted by molar-refractivity contribution is -0.0973. The number of hydrogen-bond acceptors (Lipinski definition) is 3. The number of carbonyl (C=O) groups is 1. The molecule has 2 heterocycles. The van der Waals surface area contributed by atoms with E-state index < -0.39 is 12.0 Å². The summed E-state index contributed by atoms with van der Waals surface area (Å²) in [5, 5.41) is 2.80. The number of alkyl halides is 2. The first-order chi connectivity index (χ1) is 15.7. The lowest BCUT2D eigenvalue weighted by atomic mass is 9.85. The summed E-state index contributed by atoms with van der Waals surface area (Å²) in [6, 6.07) is 7.33. The first-order valence-electron chi connectivity index (χ1n) is 12.7. The van der Waals surface area contributed by atoms with Crippen LogP contribution in [-0.4, -0.2) is 84.0 Å². The van der Waals surface area contributed by atoms with Crippen molar-refractivity contribution in [1.82, 2.24) is 20.0 Å². The van der Waals surface area contributed by atoms with Gasteiger partial charge in [0.2, 0.25) is 0 Å². The first kappa shape index (κ1) is 24.4. The SMILES string of the molecule is Cc1ccc(C2CCN(C(=O)NC3C(N4CCN(C(C)C)CC4)CCCC3(F)F)CC2)cc1.